The molecule has 1 aliphatic heterocycles. The SMILES string of the molecule is CCC(C)ON(C[C@@H](O)[C@H](Cc1ccccc1)NC(=O)OC1CCOC1)S(=O)(=O)c1ccc(OC)cc1. The summed E-state index contributed by atoms with van der Waals surface area (Å²) < 4.78 is 43.5. The van der Waals surface area contributed by atoms with Gasteiger partial charge in [-0.1, -0.05) is 41.7 Å². The summed E-state index contributed by atoms with van der Waals surface area (Å²) in [5.41, 5.74) is 0.850. The minimum Gasteiger partial charge on any atom is -0.497 e. The maximum atomic E-state index is 13.5. The first-order chi connectivity index (χ1) is 17.7. The fraction of sp³-hybridized carbons (Fsp3) is 0.500. The molecule has 0 saturated carbocycles. The maximum Gasteiger partial charge on any atom is 0.407 e. The van der Waals surface area contributed by atoms with Crippen LogP contribution in [-0.4, -0.2) is 75.3 Å². The van der Waals surface area contributed by atoms with Gasteiger partial charge < -0.3 is 24.6 Å². The molecule has 2 N–H and O–H groups in total. The van der Waals surface area contributed by atoms with Crippen molar-refractivity contribution < 1.29 is 37.4 Å². The third kappa shape index (κ3) is 8.41. The van der Waals surface area contributed by atoms with Crippen molar-refractivity contribution in [3.05, 3.63) is 60.2 Å². The molecule has 0 radical (unpaired) electrons. The van der Waals surface area contributed by atoms with E-state index in [1.807, 2.05) is 37.3 Å². The van der Waals surface area contributed by atoms with Gasteiger partial charge in [0.2, 0.25) is 0 Å². The highest BCUT2D eigenvalue weighted by Gasteiger charge is 2.33. The molecule has 0 spiro atoms. The van der Waals surface area contributed by atoms with Gasteiger partial charge in [0.05, 0.1) is 50.0 Å². The van der Waals surface area contributed by atoms with Crippen LogP contribution in [0.15, 0.2) is 59.5 Å². The van der Waals surface area contributed by atoms with Crippen LogP contribution in [0.4, 0.5) is 4.79 Å². The quantitative estimate of drug-likeness (QED) is 0.375. The lowest BCUT2D eigenvalue weighted by molar-refractivity contribution is -0.142. The van der Waals surface area contributed by atoms with Gasteiger partial charge >= 0.3 is 6.09 Å². The van der Waals surface area contributed by atoms with E-state index in [4.69, 9.17) is 19.0 Å². The lowest BCUT2D eigenvalue weighted by Gasteiger charge is -2.30. The zero-order valence-corrected chi connectivity index (χ0v) is 22.2. The van der Waals surface area contributed by atoms with Gasteiger partial charge in [0.1, 0.15) is 11.9 Å². The number of rotatable bonds is 13. The summed E-state index contributed by atoms with van der Waals surface area (Å²) in [6.45, 7) is 4.02. The number of carbonyl (C=O) groups is 1. The van der Waals surface area contributed by atoms with E-state index in [9.17, 15) is 18.3 Å². The minimum atomic E-state index is -4.14. The average Bonchev–Trinajstić information content (AvgIpc) is 3.41. The molecule has 3 rings (SSSR count). The zero-order valence-electron chi connectivity index (χ0n) is 21.4. The van der Waals surface area contributed by atoms with Crippen LogP contribution in [0.1, 0.15) is 32.3 Å². The molecule has 1 fully saturated rings. The first-order valence-corrected chi connectivity index (χ1v) is 13.8. The van der Waals surface area contributed by atoms with Gasteiger partial charge in [-0.15, -0.1) is 0 Å². The number of alkyl carbamates (subject to hydrolysis) is 1. The molecule has 0 bridgehead atoms. The number of aliphatic hydroxyl groups is 1. The molecule has 0 aliphatic carbocycles. The lowest BCUT2D eigenvalue weighted by atomic mass is 10.0. The number of ether oxygens (including phenoxy) is 3. The molecule has 1 saturated heterocycles. The van der Waals surface area contributed by atoms with Crippen LogP contribution in [0.2, 0.25) is 0 Å². The summed E-state index contributed by atoms with van der Waals surface area (Å²) in [6.07, 6.45) is -1.43. The standard InChI is InChI=1S/C26H36N2O8S/c1-4-19(2)36-28(37(31,32)23-12-10-21(33-3)11-13-23)17-25(29)24(16-20-8-6-5-7-9-20)27-26(30)35-22-14-15-34-18-22/h5-13,19,22,24-25,29H,4,14-18H2,1-3H3,(H,27,30)/t19?,22?,24-,25+/m0/s1. The average molecular weight is 537 g/mol. The summed E-state index contributed by atoms with van der Waals surface area (Å²) in [4.78, 5) is 18.4. The Morgan fingerprint density at radius 1 is 1.19 bits per heavy atom. The van der Waals surface area contributed by atoms with Crippen molar-refractivity contribution in [3.8, 4) is 5.75 Å². The van der Waals surface area contributed by atoms with Crippen LogP contribution in [0, 0.1) is 0 Å². The molecule has 37 heavy (non-hydrogen) atoms. The molecule has 4 atom stereocenters. The van der Waals surface area contributed by atoms with Gasteiger partial charge in [0, 0.05) is 6.42 Å². The highest BCUT2D eigenvalue weighted by Crippen LogP contribution is 2.22. The molecule has 10 nitrogen and oxygen atoms in total. The Morgan fingerprint density at radius 2 is 1.89 bits per heavy atom. The zero-order chi connectivity index (χ0) is 26.8. The number of nitrogens with zero attached hydrogens (tertiary/aromatic N) is 1. The van der Waals surface area contributed by atoms with Gasteiger partial charge in [-0.05, 0) is 49.6 Å². The van der Waals surface area contributed by atoms with E-state index < -0.39 is 40.9 Å². The van der Waals surface area contributed by atoms with Crippen molar-refractivity contribution in [2.45, 2.75) is 62.4 Å². The molecule has 1 amide bonds. The number of carbonyl (C=O) groups excluding carboxylic acids is 1. The van der Waals surface area contributed by atoms with Crippen LogP contribution in [0.5, 0.6) is 5.75 Å². The number of amides is 1. The van der Waals surface area contributed by atoms with Gasteiger partial charge in [-0.3, -0.25) is 4.84 Å². The number of benzene rings is 2. The Hall–Kier alpha value is -2.70. The molecule has 1 aliphatic rings. The van der Waals surface area contributed by atoms with Crippen molar-refractivity contribution in [2.75, 3.05) is 26.9 Å². The minimum absolute atomic E-state index is 0.0167. The first kappa shape index (κ1) is 28.9. The van der Waals surface area contributed by atoms with Crippen molar-refractivity contribution in [1.29, 1.82) is 0 Å². The molecular weight excluding hydrogens is 500 g/mol. The number of sulfonamides is 1. The molecule has 1 heterocycles. The monoisotopic (exact) mass is 536 g/mol. The second-order valence-corrected chi connectivity index (χ2v) is 10.7. The number of hydroxylamine groups is 1. The smallest absolute Gasteiger partial charge is 0.407 e. The van der Waals surface area contributed by atoms with E-state index in [2.05, 4.69) is 5.32 Å². The normalized spacial score (nSPS) is 18.2. The van der Waals surface area contributed by atoms with Gasteiger partial charge in [0.15, 0.2) is 0 Å². The number of hydrogen-bond acceptors (Lipinski definition) is 8. The number of nitrogens with one attached hydrogen (secondary N) is 1. The van der Waals surface area contributed by atoms with Crippen LogP contribution >= 0.6 is 0 Å². The predicted molar refractivity (Wildman–Crippen MR) is 137 cm³/mol. The van der Waals surface area contributed by atoms with Crippen molar-refractivity contribution >= 4 is 16.1 Å². The van der Waals surface area contributed by atoms with E-state index in [-0.39, 0.29) is 17.4 Å². The fourth-order valence-electron chi connectivity index (χ4n) is 3.71. The summed E-state index contributed by atoms with van der Waals surface area (Å²) >= 11 is 0. The van der Waals surface area contributed by atoms with Crippen LogP contribution in [0.3, 0.4) is 0 Å². The third-order valence-electron chi connectivity index (χ3n) is 6.06. The second-order valence-electron chi connectivity index (χ2n) is 8.89. The van der Waals surface area contributed by atoms with Crippen molar-refractivity contribution in [3.63, 3.8) is 0 Å². The van der Waals surface area contributed by atoms with E-state index in [1.165, 1.54) is 31.4 Å². The number of methoxy groups -OCH3 is 1. The van der Waals surface area contributed by atoms with Gasteiger partial charge in [-0.25, -0.2) is 13.2 Å². The molecule has 0 aromatic heterocycles. The Labute approximate surface area is 218 Å². The summed E-state index contributed by atoms with van der Waals surface area (Å²) in [5.74, 6) is 0.506. The highest BCUT2D eigenvalue weighted by atomic mass is 32.2. The molecule has 11 heteroatoms. The topological polar surface area (TPSA) is 124 Å². The molecule has 2 aromatic rings. The lowest BCUT2D eigenvalue weighted by Crippen LogP contribution is -2.51. The Bertz CT molecular complexity index is 1080. The Balaban J connectivity index is 1.82. The van der Waals surface area contributed by atoms with Crippen LogP contribution in [0.25, 0.3) is 0 Å². The summed E-state index contributed by atoms with van der Waals surface area (Å²) in [5, 5.41) is 13.9. The molecule has 2 aromatic carbocycles. The Kier molecular flexibility index (Phi) is 10.7. The van der Waals surface area contributed by atoms with Crippen molar-refractivity contribution in [2.24, 2.45) is 0 Å². The number of aliphatic hydroxyl groups excluding tert-OH is 1. The summed E-state index contributed by atoms with van der Waals surface area (Å²) in [6, 6.07) is 14.3. The molecule has 204 valence electrons. The number of hydrogen-bond donors (Lipinski definition) is 2. The maximum absolute atomic E-state index is 13.5. The van der Waals surface area contributed by atoms with Crippen LogP contribution < -0.4 is 10.1 Å². The largest absolute Gasteiger partial charge is 0.497 e. The first-order valence-electron chi connectivity index (χ1n) is 12.3. The molecule has 2 unspecified atom stereocenters. The fourth-order valence-corrected chi connectivity index (χ4v) is 5.04. The van der Waals surface area contributed by atoms with Gasteiger partial charge in [0.25, 0.3) is 10.0 Å². The highest BCUT2D eigenvalue weighted by molar-refractivity contribution is 7.89. The predicted octanol–water partition coefficient (Wildman–Crippen LogP) is 2.90. The third-order valence-corrected chi connectivity index (χ3v) is 7.70. The van der Waals surface area contributed by atoms with E-state index in [0.29, 0.717) is 31.8 Å². The van der Waals surface area contributed by atoms with E-state index >= 15 is 0 Å². The van der Waals surface area contributed by atoms with Crippen LogP contribution in [-0.2, 0) is 30.8 Å². The Morgan fingerprint density at radius 3 is 2.49 bits per heavy atom. The van der Waals surface area contributed by atoms with E-state index in [0.717, 1.165) is 10.0 Å². The van der Waals surface area contributed by atoms with Crippen molar-refractivity contribution in [1.82, 2.24) is 9.79 Å². The van der Waals surface area contributed by atoms with E-state index in [1.54, 1.807) is 6.92 Å². The van der Waals surface area contributed by atoms with Gasteiger partial charge in [-0.2, -0.15) is 0 Å². The second kappa shape index (κ2) is 13.7. The molecular formula is C26H36N2O8S. The summed E-state index contributed by atoms with van der Waals surface area (Å²) in [7, 11) is -2.66.